The minimum Gasteiger partial charge on any atom is -0.307 e. The molecule has 3 rings (SSSR count). The second-order valence-electron chi connectivity index (χ2n) is 4.94. The summed E-state index contributed by atoms with van der Waals surface area (Å²) in [5, 5.41) is 6.73. The first-order valence-corrected chi connectivity index (χ1v) is 6.95. The average Bonchev–Trinajstić information content (AvgIpc) is 2.95. The molecule has 1 N–H and O–H groups in total. The molecule has 2 aromatic carbocycles. The van der Waals surface area contributed by atoms with Gasteiger partial charge in [-0.15, -0.1) is 0 Å². The summed E-state index contributed by atoms with van der Waals surface area (Å²) in [7, 11) is 0. The van der Waals surface area contributed by atoms with Gasteiger partial charge < -0.3 is 5.32 Å². The van der Waals surface area contributed by atoms with Crippen molar-refractivity contribution in [2.75, 3.05) is 5.32 Å². The summed E-state index contributed by atoms with van der Waals surface area (Å²) in [6, 6.07) is 14.0. The maximum Gasteiger partial charge on any atom is 0.259 e. The SMILES string of the molecule is O=C(Nc1ccnn1Cc1ccccc1)c1ccc(F)cc1F. The molecule has 0 unspecified atom stereocenters. The van der Waals surface area contributed by atoms with E-state index < -0.39 is 17.5 Å². The van der Waals surface area contributed by atoms with Crippen LogP contribution in [-0.4, -0.2) is 15.7 Å². The van der Waals surface area contributed by atoms with Gasteiger partial charge in [-0.1, -0.05) is 30.3 Å². The van der Waals surface area contributed by atoms with Crippen LogP contribution in [0.25, 0.3) is 0 Å². The summed E-state index contributed by atoms with van der Waals surface area (Å²) in [6.45, 7) is 0.468. The normalized spacial score (nSPS) is 10.5. The minimum absolute atomic E-state index is 0.223. The number of carbonyl (C=O) groups excluding carboxylic acids is 1. The predicted octanol–water partition coefficient (Wildman–Crippen LogP) is 3.46. The maximum atomic E-state index is 13.7. The zero-order valence-electron chi connectivity index (χ0n) is 12.0. The number of nitrogens with one attached hydrogen (secondary N) is 1. The number of anilines is 1. The van der Waals surface area contributed by atoms with Gasteiger partial charge in [-0.3, -0.25) is 4.79 Å². The van der Waals surface area contributed by atoms with Gasteiger partial charge in [0.15, 0.2) is 0 Å². The maximum absolute atomic E-state index is 13.7. The smallest absolute Gasteiger partial charge is 0.259 e. The molecule has 116 valence electrons. The van der Waals surface area contributed by atoms with Gasteiger partial charge in [0.1, 0.15) is 17.5 Å². The molecule has 0 radical (unpaired) electrons. The Labute approximate surface area is 131 Å². The van der Waals surface area contributed by atoms with E-state index in [1.54, 1.807) is 16.9 Å². The van der Waals surface area contributed by atoms with E-state index in [9.17, 15) is 13.6 Å². The minimum atomic E-state index is -0.906. The third-order valence-corrected chi connectivity index (χ3v) is 3.31. The summed E-state index contributed by atoms with van der Waals surface area (Å²) >= 11 is 0. The number of amides is 1. The molecule has 23 heavy (non-hydrogen) atoms. The zero-order chi connectivity index (χ0) is 16.2. The van der Waals surface area contributed by atoms with Crippen molar-refractivity contribution >= 4 is 11.7 Å². The Balaban J connectivity index is 1.78. The van der Waals surface area contributed by atoms with E-state index in [0.717, 1.165) is 17.7 Å². The Morgan fingerprint density at radius 2 is 1.87 bits per heavy atom. The number of carbonyl (C=O) groups is 1. The van der Waals surface area contributed by atoms with E-state index >= 15 is 0 Å². The van der Waals surface area contributed by atoms with Crippen LogP contribution in [-0.2, 0) is 6.54 Å². The van der Waals surface area contributed by atoms with Crippen molar-refractivity contribution in [1.29, 1.82) is 0 Å². The third-order valence-electron chi connectivity index (χ3n) is 3.31. The van der Waals surface area contributed by atoms with Crippen molar-refractivity contribution in [3.05, 3.63) is 83.6 Å². The second-order valence-corrected chi connectivity index (χ2v) is 4.94. The first-order chi connectivity index (χ1) is 11.1. The number of hydrogen-bond acceptors (Lipinski definition) is 2. The average molecular weight is 313 g/mol. The van der Waals surface area contributed by atoms with E-state index in [2.05, 4.69) is 10.4 Å². The Morgan fingerprint density at radius 3 is 2.61 bits per heavy atom. The molecule has 1 aromatic heterocycles. The molecule has 0 bridgehead atoms. The van der Waals surface area contributed by atoms with Crippen LogP contribution in [0.5, 0.6) is 0 Å². The fraction of sp³-hybridized carbons (Fsp3) is 0.0588. The van der Waals surface area contributed by atoms with Crippen LogP contribution in [0.3, 0.4) is 0 Å². The molecule has 3 aromatic rings. The second kappa shape index (κ2) is 6.39. The number of rotatable bonds is 4. The third kappa shape index (κ3) is 3.42. The highest BCUT2D eigenvalue weighted by Gasteiger charge is 2.14. The van der Waals surface area contributed by atoms with E-state index in [1.807, 2.05) is 30.3 Å². The Morgan fingerprint density at radius 1 is 1.09 bits per heavy atom. The van der Waals surface area contributed by atoms with Gasteiger partial charge >= 0.3 is 0 Å². The van der Waals surface area contributed by atoms with Crippen LogP contribution in [0, 0.1) is 11.6 Å². The summed E-state index contributed by atoms with van der Waals surface area (Å²) in [4.78, 5) is 12.1. The molecule has 0 aliphatic carbocycles. The fourth-order valence-corrected chi connectivity index (χ4v) is 2.18. The number of aromatic nitrogens is 2. The predicted molar refractivity (Wildman–Crippen MR) is 82.1 cm³/mol. The quantitative estimate of drug-likeness (QED) is 0.802. The summed E-state index contributed by atoms with van der Waals surface area (Å²) in [5.74, 6) is -1.86. The van der Waals surface area contributed by atoms with Crippen LogP contribution < -0.4 is 5.32 Å². The van der Waals surface area contributed by atoms with E-state index in [1.165, 1.54) is 0 Å². The Bertz CT molecular complexity index is 831. The molecule has 0 aliphatic heterocycles. The van der Waals surface area contributed by atoms with Crippen molar-refractivity contribution in [2.45, 2.75) is 6.54 Å². The van der Waals surface area contributed by atoms with Crippen molar-refractivity contribution in [2.24, 2.45) is 0 Å². The van der Waals surface area contributed by atoms with Gasteiger partial charge in [0.2, 0.25) is 0 Å². The van der Waals surface area contributed by atoms with E-state index in [0.29, 0.717) is 18.4 Å². The molecule has 0 spiro atoms. The van der Waals surface area contributed by atoms with E-state index in [4.69, 9.17) is 0 Å². The highest BCUT2D eigenvalue weighted by atomic mass is 19.1. The zero-order valence-corrected chi connectivity index (χ0v) is 12.0. The van der Waals surface area contributed by atoms with Gasteiger partial charge in [-0.2, -0.15) is 5.10 Å². The summed E-state index contributed by atoms with van der Waals surface area (Å²) in [5.41, 5.74) is 0.790. The van der Waals surface area contributed by atoms with Crippen LogP contribution in [0.2, 0.25) is 0 Å². The highest BCUT2D eigenvalue weighted by Crippen LogP contribution is 2.14. The van der Waals surface area contributed by atoms with Crippen LogP contribution in [0.4, 0.5) is 14.6 Å². The molecule has 6 heteroatoms. The Hall–Kier alpha value is -3.02. The lowest BCUT2D eigenvalue weighted by Crippen LogP contribution is -2.17. The van der Waals surface area contributed by atoms with Gasteiger partial charge in [0.25, 0.3) is 5.91 Å². The molecule has 0 saturated heterocycles. The molecular formula is C17H13F2N3O. The number of nitrogens with zero attached hydrogens (tertiary/aromatic N) is 2. The number of halogens is 2. The van der Waals surface area contributed by atoms with Crippen LogP contribution in [0.1, 0.15) is 15.9 Å². The topological polar surface area (TPSA) is 46.9 Å². The molecular weight excluding hydrogens is 300 g/mol. The summed E-state index contributed by atoms with van der Waals surface area (Å²) in [6.07, 6.45) is 1.54. The van der Waals surface area contributed by atoms with Gasteiger partial charge in [0, 0.05) is 12.1 Å². The molecule has 0 fully saturated rings. The number of hydrogen-bond donors (Lipinski definition) is 1. The molecule has 0 atom stereocenters. The van der Waals surface area contributed by atoms with Crippen molar-refractivity contribution in [1.82, 2.24) is 9.78 Å². The molecule has 1 amide bonds. The fourth-order valence-electron chi connectivity index (χ4n) is 2.18. The monoisotopic (exact) mass is 313 g/mol. The first kappa shape index (κ1) is 14.9. The molecule has 4 nitrogen and oxygen atoms in total. The highest BCUT2D eigenvalue weighted by molar-refractivity contribution is 6.04. The first-order valence-electron chi connectivity index (χ1n) is 6.95. The van der Waals surface area contributed by atoms with Gasteiger partial charge in [0.05, 0.1) is 18.3 Å². The lowest BCUT2D eigenvalue weighted by atomic mass is 10.2. The van der Waals surface area contributed by atoms with Crippen LogP contribution >= 0.6 is 0 Å². The largest absolute Gasteiger partial charge is 0.307 e. The Kier molecular flexibility index (Phi) is 4.14. The molecule has 0 aliphatic rings. The lowest BCUT2D eigenvalue weighted by molar-refractivity contribution is 0.102. The standard InChI is InChI=1S/C17H13F2N3O/c18-13-6-7-14(15(19)10-13)17(23)21-16-8-9-20-22(16)11-12-4-2-1-3-5-12/h1-10H,11H2,(H,21,23). The van der Waals surface area contributed by atoms with Crippen molar-refractivity contribution in [3.8, 4) is 0 Å². The van der Waals surface area contributed by atoms with Crippen molar-refractivity contribution < 1.29 is 13.6 Å². The van der Waals surface area contributed by atoms with E-state index in [-0.39, 0.29) is 5.56 Å². The molecule has 1 heterocycles. The van der Waals surface area contributed by atoms with Crippen molar-refractivity contribution in [3.63, 3.8) is 0 Å². The van der Waals surface area contributed by atoms with Gasteiger partial charge in [-0.05, 0) is 17.7 Å². The molecule has 0 saturated carbocycles. The summed E-state index contributed by atoms with van der Waals surface area (Å²) < 4.78 is 28.2. The van der Waals surface area contributed by atoms with Gasteiger partial charge in [-0.25, -0.2) is 13.5 Å². The van der Waals surface area contributed by atoms with Crippen LogP contribution in [0.15, 0.2) is 60.8 Å². The number of benzene rings is 2. The lowest BCUT2D eigenvalue weighted by Gasteiger charge is -2.09.